The molecule has 0 aromatic heterocycles. The molecule has 1 atom stereocenters. The third-order valence-electron chi connectivity index (χ3n) is 3.51. The summed E-state index contributed by atoms with van der Waals surface area (Å²) >= 11 is 0. The van der Waals surface area contributed by atoms with Crippen LogP contribution in [-0.2, 0) is 21.4 Å². The van der Waals surface area contributed by atoms with Gasteiger partial charge in [0.1, 0.15) is 6.29 Å². The molecule has 2 rings (SSSR count). The lowest BCUT2D eigenvalue weighted by molar-refractivity contribution is -0.141. The van der Waals surface area contributed by atoms with Crippen molar-refractivity contribution in [1.29, 1.82) is 0 Å². The van der Waals surface area contributed by atoms with E-state index in [1.807, 2.05) is 24.3 Å². The van der Waals surface area contributed by atoms with Gasteiger partial charge >= 0.3 is 5.97 Å². The highest BCUT2D eigenvalue weighted by Gasteiger charge is 2.44. The van der Waals surface area contributed by atoms with Crippen LogP contribution in [0.15, 0.2) is 24.3 Å². The predicted molar refractivity (Wildman–Crippen MR) is 63.9 cm³/mol. The zero-order valence-corrected chi connectivity index (χ0v) is 9.85. The Morgan fingerprint density at radius 2 is 2.00 bits per heavy atom. The lowest BCUT2D eigenvalue weighted by Gasteiger charge is -2.10. The predicted octanol–water partition coefficient (Wildman–Crippen LogP) is 2.18. The van der Waals surface area contributed by atoms with Crippen molar-refractivity contribution < 1.29 is 14.7 Å². The summed E-state index contributed by atoms with van der Waals surface area (Å²) in [5, 5.41) is 8.83. The molecular formula is C14H16O3. The molecule has 1 aliphatic carbocycles. The molecule has 0 radical (unpaired) electrons. The molecule has 0 aliphatic heterocycles. The standard InChI is InChI=1S/C14H16O3/c1-10(13(16)17)8-11-2-4-12(5-3-11)14(9-15)6-7-14/h2-5,9-10H,6-8H2,1H3,(H,16,17). The molecule has 3 nitrogen and oxygen atoms in total. The number of hydrogen-bond donors (Lipinski definition) is 1. The molecule has 1 unspecified atom stereocenters. The summed E-state index contributed by atoms with van der Waals surface area (Å²) in [5.74, 6) is -1.15. The van der Waals surface area contributed by atoms with Crippen LogP contribution in [0.5, 0.6) is 0 Å². The third-order valence-corrected chi connectivity index (χ3v) is 3.51. The summed E-state index contributed by atoms with van der Waals surface area (Å²) in [6.45, 7) is 1.70. The summed E-state index contributed by atoms with van der Waals surface area (Å²) < 4.78 is 0. The number of carboxylic acids is 1. The zero-order valence-electron chi connectivity index (χ0n) is 9.85. The van der Waals surface area contributed by atoms with Crippen LogP contribution in [0.1, 0.15) is 30.9 Å². The summed E-state index contributed by atoms with van der Waals surface area (Å²) in [6, 6.07) is 7.76. The smallest absolute Gasteiger partial charge is 0.306 e. The number of hydrogen-bond acceptors (Lipinski definition) is 2. The van der Waals surface area contributed by atoms with Gasteiger partial charge in [0.05, 0.1) is 11.3 Å². The normalized spacial score (nSPS) is 18.4. The molecule has 1 aromatic carbocycles. The average Bonchev–Trinajstić information content (AvgIpc) is 3.11. The van der Waals surface area contributed by atoms with Gasteiger partial charge in [-0.1, -0.05) is 31.2 Å². The van der Waals surface area contributed by atoms with E-state index in [-0.39, 0.29) is 11.3 Å². The van der Waals surface area contributed by atoms with Gasteiger partial charge in [-0.2, -0.15) is 0 Å². The van der Waals surface area contributed by atoms with Crippen molar-refractivity contribution in [2.24, 2.45) is 5.92 Å². The van der Waals surface area contributed by atoms with Crippen molar-refractivity contribution in [2.45, 2.75) is 31.6 Å². The van der Waals surface area contributed by atoms with Crippen molar-refractivity contribution in [3.8, 4) is 0 Å². The Hall–Kier alpha value is -1.64. The minimum atomic E-state index is -0.777. The highest BCUT2D eigenvalue weighted by molar-refractivity contribution is 5.73. The van der Waals surface area contributed by atoms with Crippen LogP contribution in [0, 0.1) is 5.92 Å². The topological polar surface area (TPSA) is 54.4 Å². The molecule has 1 saturated carbocycles. The molecule has 1 N–H and O–H groups in total. The maximum atomic E-state index is 11.0. The lowest BCUT2D eigenvalue weighted by atomic mass is 9.94. The molecule has 3 heteroatoms. The molecule has 90 valence electrons. The maximum absolute atomic E-state index is 11.0. The second-order valence-corrected chi connectivity index (χ2v) is 4.91. The molecule has 0 amide bonds. The Bertz CT molecular complexity index is 429. The molecule has 0 heterocycles. The fourth-order valence-electron chi connectivity index (χ4n) is 2.02. The Kier molecular flexibility index (Phi) is 3.01. The monoisotopic (exact) mass is 232 g/mol. The third kappa shape index (κ3) is 2.38. The summed E-state index contributed by atoms with van der Waals surface area (Å²) in [7, 11) is 0. The number of carbonyl (C=O) groups is 2. The first-order valence-electron chi connectivity index (χ1n) is 5.86. The lowest BCUT2D eigenvalue weighted by Crippen LogP contribution is -2.12. The van der Waals surface area contributed by atoms with Gasteiger partial charge in [-0.05, 0) is 30.4 Å². The average molecular weight is 232 g/mol. The number of aliphatic carboxylic acids is 1. The largest absolute Gasteiger partial charge is 0.481 e. The van der Waals surface area contributed by atoms with Crippen molar-refractivity contribution in [3.63, 3.8) is 0 Å². The van der Waals surface area contributed by atoms with Gasteiger partial charge in [0, 0.05) is 0 Å². The molecule has 0 spiro atoms. The van der Waals surface area contributed by atoms with Crippen molar-refractivity contribution in [2.75, 3.05) is 0 Å². The molecule has 0 saturated heterocycles. The van der Waals surface area contributed by atoms with Crippen molar-refractivity contribution in [3.05, 3.63) is 35.4 Å². The summed E-state index contributed by atoms with van der Waals surface area (Å²) in [6.07, 6.45) is 3.42. The van der Waals surface area contributed by atoms with E-state index < -0.39 is 5.97 Å². The summed E-state index contributed by atoms with van der Waals surface area (Å²) in [4.78, 5) is 21.7. The second kappa shape index (κ2) is 4.32. The van der Waals surface area contributed by atoms with Gasteiger partial charge < -0.3 is 9.90 Å². The fourth-order valence-corrected chi connectivity index (χ4v) is 2.02. The number of carbonyl (C=O) groups excluding carboxylic acids is 1. The number of aldehydes is 1. The summed E-state index contributed by atoms with van der Waals surface area (Å²) in [5.41, 5.74) is 1.82. The van der Waals surface area contributed by atoms with E-state index in [1.165, 1.54) is 0 Å². The van der Waals surface area contributed by atoms with E-state index in [0.29, 0.717) is 6.42 Å². The first-order valence-corrected chi connectivity index (χ1v) is 5.86. The van der Waals surface area contributed by atoms with Crippen LogP contribution < -0.4 is 0 Å². The van der Waals surface area contributed by atoms with Crippen LogP contribution in [0.3, 0.4) is 0 Å². The minimum absolute atomic E-state index is 0.239. The Labute approximate surface area is 100 Å². The van der Waals surface area contributed by atoms with Crippen LogP contribution in [0.4, 0.5) is 0 Å². The van der Waals surface area contributed by atoms with E-state index in [1.54, 1.807) is 6.92 Å². The first kappa shape index (κ1) is 11.8. The van der Waals surface area contributed by atoms with Gasteiger partial charge in [-0.3, -0.25) is 4.79 Å². The van der Waals surface area contributed by atoms with Gasteiger partial charge in [0.15, 0.2) is 0 Å². The number of carboxylic acid groups (broad SMARTS) is 1. The van der Waals surface area contributed by atoms with E-state index in [2.05, 4.69) is 0 Å². The maximum Gasteiger partial charge on any atom is 0.306 e. The Morgan fingerprint density at radius 3 is 2.41 bits per heavy atom. The molecule has 1 fully saturated rings. The van der Waals surface area contributed by atoms with Crippen LogP contribution in [-0.4, -0.2) is 17.4 Å². The molecule has 0 bridgehead atoms. The van der Waals surface area contributed by atoms with Gasteiger partial charge in [-0.25, -0.2) is 0 Å². The van der Waals surface area contributed by atoms with E-state index in [9.17, 15) is 9.59 Å². The van der Waals surface area contributed by atoms with Gasteiger partial charge in [0.25, 0.3) is 0 Å². The quantitative estimate of drug-likeness (QED) is 0.792. The highest BCUT2D eigenvalue weighted by Crippen LogP contribution is 2.46. The van der Waals surface area contributed by atoms with Crippen molar-refractivity contribution >= 4 is 12.3 Å². The SMILES string of the molecule is CC(Cc1ccc(C2(C=O)CC2)cc1)C(=O)O. The van der Waals surface area contributed by atoms with Crippen LogP contribution >= 0.6 is 0 Å². The molecular weight excluding hydrogens is 216 g/mol. The zero-order chi connectivity index (χ0) is 12.5. The minimum Gasteiger partial charge on any atom is -0.481 e. The van der Waals surface area contributed by atoms with Crippen molar-refractivity contribution in [1.82, 2.24) is 0 Å². The van der Waals surface area contributed by atoms with Crippen LogP contribution in [0.25, 0.3) is 0 Å². The second-order valence-electron chi connectivity index (χ2n) is 4.91. The van der Waals surface area contributed by atoms with E-state index in [4.69, 9.17) is 5.11 Å². The highest BCUT2D eigenvalue weighted by atomic mass is 16.4. The van der Waals surface area contributed by atoms with Gasteiger partial charge in [0.2, 0.25) is 0 Å². The Morgan fingerprint density at radius 1 is 1.41 bits per heavy atom. The fraction of sp³-hybridized carbons (Fsp3) is 0.429. The van der Waals surface area contributed by atoms with Crippen LogP contribution in [0.2, 0.25) is 0 Å². The molecule has 17 heavy (non-hydrogen) atoms. The first-order chi connectivity index (χ1) is 8.07. The van der Waals surface area contributed by atoms with E-state index >= 15 is 0 Å². The van der Waals surface area contributed by atoms with Gasteiger partial charge in [-0.15, -0.1) is 0 Å². The number of benzene rings is 1. The molecule has 1 aromatic rings. The van der Waals surface area contributed by atoms with E-state index in [0.717, 1.165) is 30.3 Å². The Balaban J connectivity index is 2.08. The molecule has 1 aliphatic rings. The number of rotatable bonds is 5.